The van der Waals surface area contributed by atoms with Crippen LogP contribution in [0.1, 0.15) is 16.8 Å². The summed E-state index contributed by atoms with van der Waals surface area (Å²) < 4.78 is 5.46. The summed E-state index contributed by atoms with van der Waals surface area (Å²) in [6.45, 7) is 3.99. The van der Waals surface area contributed by atoms with E-state index in [1.807, 2.05) is 37.3 Å². The van der Waals surface area contributed by atoms with Gasteiger partial charge >= 0.3 is 0 Å². The van der Waals surface area contributed by atoms with E-state index in [0.29, 0.717) is 17.1 Å². The summed E-state index contributed by atoms with van der Waals surface area (Å²) in [6.07, 6.45) is -0.727. The van der Waals surface area contributed by atoms with Crippen LogP contribution in [0, 0.1) is 25.2 Å². The molecule has 1 aromatic carbocycles. The normalized spacial score (nSPS) is 11.5. The summed E-state index contributed by atoms with van der Waals surface area (Å²) in [5.74, 6) is 1.08. The van der Waals surface area contributed by atoms with Crippen molar-refractivity contribution < 1.29 is 9.84 Å². The van der Waals surface area contributed by atoms with E-state index in [2.05, 4.69) is 21.6 Å². The molecule has 1 atom stereocenters. The van der Waals surface area contributed by atoms with Crippen molar-refractivity contribution in [2.24, 2.45) is 0 Å². The second kappa shape index (κ2) is 7.38. The second-order valence-electron chi connectivity index (χ2n) is 4.90. The third kappa shape index (κ3) is 3.93. The van der Waals surface area contributed by atoms with Crippen molar-refractivity contribution >= 4 is 5.82 Å². The van der Waals surface area contributed by atoms with Crippen molar-refractivity contribution in [1.82, 2.24) is 10.2 Å². The van der Waals surface area contributed by atoms with E-state index in [1.165, 1.54) is 0 Å². The highest BCUT2D eigenvalue weighted by molar-refractivity contribution is 5.55. The van der Waals surface area contributed by atoms with Crippen LogP contribution in [0.2, 0.25) is 0 Å². The summed E-state index contributed by atoms with van der Waals surface area (Å²) >= 11 is 0. The minimum Gasteiger partial charge on any atom is -0.491 e. The molecule has 0 aliphatic heterocycles. The van der Waals surface area contributed by atoms with Crippen LogP contribution < -0.4 is 10.1 Å². The molecule has 0 aliphatic carbocycles. The minimum atomic E-state index is -0.727. The summed E-state index contributed by atoms with van der Waals surface area (Å²) in [5.41, 5.74) is 1.95. The molecular formula is C16H18N4O2. The van der Waals surface area contributed by atoms with E-state index in [0.717, 1.165) is 11.3 Å². The third-order valence-corrected chi connectivity index (χ3v) is 3.26. The maximum atomic E-state index is 9.94. The van der Waals surface area contributed by atoms with Gasteiger partial charge in [-0.2, -0.15) is 10.4 Å². The maximum absolute atomic E-state index is 9.94. The number of benzene rings is 1. The van der Waals surface area contributed by atoms with Crippen LogP contribution in [0.25, 0.3) is 0 Å². The maximum Gasteiger partial charge on any atom is 0.167 e. The first-order valence-corrected chi connectivity index (χ1v) is 6.95. The van der Waals surface area contributed by atoms with Gasteiger partial charge in [0.25, 0.3) is 0 Å². The Balaban J connectivity index is 1.90. The first-order valence-electron chi connectivity index (χ1n) is 6.95. The predicted molar refractivity (Wildman–Crippen MR) is 82.7 cm³/mol. The van der Waals surface area contributed by atoms with Crippen molar-refractivity contribution in [3.8, 4) is 11.8 Å². The lowest BCUT2D eigenvalue weighted by Crippen LogP contribution is -2.27. The predicted octanol–water partition coefficient (Wildman–Crippen LogP) is 1.82. The average molecular weight is 298 g/mol. The highest BCUT2D eigenvalue weighted by Crippen LogP contribution is 2.17. The van der Waals surface area contributed by atoms with E-state index in [4.69, 9.17) is 4.74 Å². The van der Waals surface area contributed by atoms with Gasteiger partial charge in [0.15, 0.2) is 5.82 Å². The lowest BCUT2D eigenvalue weighted by Gasteiger charge is -2.14. The smallest absolute Gasteiger partial charge is 0.167 e. The fourth-order valence-corrected chi connectivity index (χ4v) is 1.85. The molecule has 1 aromatic heterocycles. The van der Waals surface area contributed by atoms with E-state index < -0.39 is 6.10 Å². The van der Waals surface area contributed by atoms with Gasteiger partial charge in [0.2, 0.25) is 0 Å². The highest BCUT2D eigenvalue weighted by Gasteiger charge is 2.12. The van der Waals surface area contributed by atoms with E-state index in [1.54, 1.807) is 6.92 Å². The van der Waals surface area contributed by atoms with Crippen molar-refractivity contribution in [1.29, 1.82) is 5.26 Å². The van der Waals surface area contributed by atoms with Crippen LogP contribution in [-0.4, -0.2) is 34.6 Å². The van der Waals surface area contributed by atoms with Gasteiger partial charge in [-0.1, -0.05) is 18.2 Å². The van der Waals surface area contributed by atoms with Gasteiger partial charge in [-0.25, -0.2) is 0 Å². The fraction of sp³-hybridized carbons (Fsp3) is 0.312. The molecule has 6 nitrogen and oxygen atoms in total. The molecule has 1 heterocycles. The molecule has 0 saturated heterocycles. The van der Waals surface area contributed by atoms with Crippen molar-refractivity contribution in [3.63, 3.8) is 0 Å². The lowest BCUT2D eigenvalue weighted by molar-refractivity contribution is 0.117. The Morgan fingerprint density at radius 3 is 2.68 bits per heavy atom. The van der Waals surface area contributed by atoms with E-state index in [-0.39, 0.29) is 13.2 Å². The number of hydrogen-bond acceptors (Lipinski definition) is 6. The zero-order chi connectivity index (χ0) is 15.9. The van der Waals surface area contributed by atoms with Gasteiger partial charge in [0, 0.05) is 6.54 Å². The van der Waals surface area contributed by atoms with E-state index >= 15 is 0 Å². The van der Waals surface area contributed by atoms with Crippen molar-refractivity contribution in [3.05, 3.63) is 47.2 Å². The summed E-state index contributed by atoms with van der Waals surface area (Å²) in [7, 11) is 0. The first kappa shape index (κ1) is 15.7. The Morgan fingerprint density at radius 1 is 1.27 bits per heavy atom. The monoisotopic (exact) mass is 298 g/mol. The Bertz CT molecular complexity index is 668. The molecule has 114 valence electrons. The summed E-state index contributed by atoms with van der Waals surface area (Å²) in [4.78, 5) is 0. The summed E-state index contributed by atoms with van der Waals surface area (Å²) in [5, 5.41) is 30.0. The van der Waals surface area contributed by atoms with Gasteiger partial charge in [-0.3, -0.25) is 0 Å². The molecule has 0 saturated carbocycles. The van der Waals surface area contributed by atoms with Crippen LogP contribution in [0.5, 0.6) is 5.75 Å². The van der Waals surface area contributed by atoms with Crippen LogP contribution in [0.4, 0.5) is 5.82 Å². The standard InChI is InChI=1S/C16H18N4O2/c1-11-12(2)19-20-16(15(11)8-17)18-9-13(21)10-22-14-6-4-3-5-7-14/h3-7,13,21H,9-10H2,1-2H3,(H,18,20)/t13-/m0/s1. The molecule has 6 heteroatoms. The van der Waals surface area contributed by atoms with Crippen molar-refractivity contribution in [2.75, 3.05) is 18.5 Å². The molecule has 0 aliphatic rings. The molecule has 0 amide bonds. The second-order valence-corrected chi connectivity index (χ2v) is 4.90. The average Bonchev–Trinajstić information content (AvgIpc) is 2.55. The lowest BCUT2D eigenvalue weighted by atomic mass is 10.1. The van der Waals surface area contributed by atoms with Crippen LogP contribution in [-0.2, 0) is 0 Å². The van der Waals surface area contributed by atoms with Gasteiger partial charge in [-0.05, 0) is 31.5 Å². The molecule has 0 unspecified atom stereocenters. The minimum absolute atomic E-state index is 0.150. The Labute approximate surface area is 129 Å². The number of nitriles is 1. The highest BCUT2D eigenvalue weighted by atomic mass is 16.5. The van der Waals surface area contributed by atoms with Crippen molar-refractivity contribution in [2.45, 2.75) is 20.0 Å². The summed E-state index contributed by atoms with van der Waals surface area (Å²) in [6, 6.07) is 11.4. The number of para-hydroxylation sites is 1. The number of aliphatic hydroxyl groups excluding tert-OH is 1. The Hall–Kier alpha value is -2.65. The van der Waals surface area contributed by atoms with Gasteiger partial charge in [0.1, 0.15) is 30.1 Å². The van der Waals surface area contributed by atoms with Crippen LogP contribution in [0.15, 0.2) is 30.3 Å². The topological polar surface area (TPSA) is 91.1 Å². The fourth-order valence-electron chi connectivity index (χ4n) is 1.85. The number of nitrogens with zero attached hydrogens (tertiary/aromatic N) is 3. The molecule has 0 radical (unpaired) electrons. The number of anilines is 1. The quantitative estimate of drug-likeness (QED) is 0.845. The van der Waals surface area contributed by atoms with E-state index in [9.17, 15) is 10.4 Å². The number of aryl methyl sites for hydroxylation is 1. The molecule has 0 spiro atoms. The Morgan fingerprint density at radius 2 is 2.00 bits per heavy atom. The molecule has 2 N–H and O–H groups in total. The Kier molecular flexibility index (Phi) is 5.28. The van der Waals surface area contributed by atoms with Gasteiger partial charge in [0.05, 0.1) is 5.69 Å². The first-order chi connectivity index (χ1) is 10.6. The number of hydrogen-bond donors (Lipinski definition) is 2. The van der Waals surface area contributed by atoms with Gasteiger partial charge in [-0.15, -0.1) is 5.10 Å². The SMILES string of the molecule is Cc1nnc(NC[C@H](O)COc2ccccc2)c(C#N)c1C. The largest absolute Gasteiger partial charge is 0.491 e. The number of aliphatic hydroxyl groups is 1. The zero-order valence-electron chi connectivity index (χ0n) is 12.6. The number of ether oxygens (including phenoxy) is 1. The van der Waals surface area contributed by atoms with Gasteiger partial charge < -0.3 is 15.2 Å². The molecule has 2 rings (SSSR count). The number of nitrogens with one attached hydrogen (secondary N) is 1. The van der Waals surface area contributed by atoms with Crippen LogP contribution in [0.3, 0.4) is 0 Å². The molecule has 0 fully saturated rings. The molecule has 22 heavy (non-hydrogen) atoms. The molecular weight excluding hydrogens is 280 g/mol. The molecule has 0 bridgehead atoms. The molecule has 2 aromatic rings. The van der Waals surface area contributed by atoms with Crippen LogP contribution >= 0.6 is 0 Å². The number of aromatic nitrogens is 2. The zero-order valence-corrected chi connectivity index (χ0v) is 12.6. The third-order valence-electron chi connectivity index (χ3n) is 3.26. The number of rotatable bonds is 6.